The summed E-state index contributed by atoms with van der Waals surface area (Å²) < 4.78 is 9.75. The summed E-state index contributed by atoms with van der Waals surface area (Å²) in [7, 11) is 1.21. The van der Waals surface area contributed by atoms with Crippen molar-refractivity contribution in [3.63, 3.8) is 0 Å². The van der Waals surface area contributed by atoms with Gasteiger partial charge in [-0.05, 0) is 35.3 Å². The molecule has 0 aliphatic carbocycles. The molecule has 1 aromatic heterocycles. The lowest BCUT2D eigenvalue weighted by Gasteiger charge is -2.16. The third-order valence-corrected chi connectivity index (χ3v) is 4.72. The first kappa shape index (κ1) is 25.0. The minimum atomic E-state index is -0.693. The molecule has 0 unspecified atom stereocenters. The average Bonchev–Trinajstić information content (AvgIpc) is 3.18. The van der Waals surface area contributed by atoms with Crippen molar-refractivity contribution in [1.82, 2.24) is 4.98 Å². The van der Waals surface area contributed by atoms with Gasteiger partial charge in [-0.25, -0.2) is 9.59 Å². The zero-order valence-electron chi connectivity index (χ0n) is 17.8. The largest absolute Gasteiger partial charge is 0.466 e. The Bertz CT molecular complexity index is 1020. The van der Waals surface area contributed by atoms with Gasteiger partial charge in [-0.15, -0.1) is 0 Å². The van der Waals surface area contributed by atoms with E-state index in [0.717, 1.165) is 6.08 Å². The van der Waals surface area contributed by atoms with Crippen molar-refractivity contribution in [2.45, 2.75) is 26.7 Å². The lowest BCUT2D eigenvalue weighted by atomic mass is 9.90. The Balaban J connectivity index is 2.93. The first-order chi connectivity index (χ1) is 15.5. The van der Waals surface area contributed by atoms with Crippen LogP contribution in [0.15, 0.2) is 23.2 Å². The summed E-state index contributed by atoms with van der Waals surface area (Å²) in [5.41, 5.74) is 2.43. The fourth-order valence-electron chi connectivity index (χ4n) is 3.31. The quantitative estimate of drug-likeness (QED) is 0.204. The maximum absolute atomic E-state index is 12.6. The Morgan fingerprint density at radius 1 is 1.09 bits per heavy atom. The number of carbonyl (C=O) groups is 2. The number of H-pyrrole nitrogens is 1. The highest BCUT2D eigenvalue weighted by Crippen LogP contribution is 2.36. The van der Waals surface area contributed by atoms with Gasteiger partial charge in [0.15, 0.2) is 0 Å². The Labute approximate surface area is 184 Å². The molecular weight excluding hydrogens is 420 g/mol. The molecule has 0 radical (unpaired) electrons. The summed E-state index contributed by atoms with van der Waals surface area (Å²) in [6.07, 6.45) is 3.78. The molecule has 5 N–H and O–H groups in total. The molecule has 0 bridgehead atoms. The van der Waals surface area contributed by atoms with Crippen molar-refractivity contribution in [3.05, 3.63) is 51.9 Å². The lowest BCUT2D eigenvalue weighted by Crippen LogP contribution is -2.07. The molecule has 10 heteroatoms. The van der Waals surface area contributed by atoms with E-state index in [1.165, 1.54) is 19.4 Å². The Hall–Kier alpha value is -3.31. The van der Waals surface area contributed by atoms with E-state index in [4.69, 9.17) is 9.84 Å². The number of ether oxygens (including phenoxy) is 2. The number of esters is 2. The number of aliphatic imine (C=N–C) groups is 1. The Morgan fingerprint density at radius 3 is 2.38 bits per heavy atom. The number of aromatic nitrogens is 1. The zero-order chi connectivity index (χ0) is 23.7. The molecule has 0 atom stereocenters. The molecule has 0 amide bonds. The number of benzene rings is 1. The van der Waals surface area contributed by atoms with Crippen LogP contribution >= 0.6 is 0 Å². The van der Waals surface area contributed by atoms with Gasteiger partial charge in [-0.1, -0.05) is 12.1 Å². The van der Waals surface area contributed by atoms with Gasteiger partial charge >= 0.3 is 11.9 Å². The van der Waals surface area contributed by atoms with Crippen LogP contribution in [0.2, 0.25) is 0 Å². The summed E-state index contributed by atoms with van der Waals surface area (Å²) in [6, 6.07) is 3.19. The number of hydrogen-bond donors (Lipinski definition) is 5. The van der Waals surface area contributed by atoms with E-state index < -0.39 is 31.9 Å². The third-order valence-electron chi connectivity index (χ3n) is 4.72. The minimum Gasteiger partial charge on any atom is -0.466 e. The van der Waals surface area contributed by atoms with Crippen LogP contribution in [-0.4, -0.2) is 64.0 Å². The van der Waals surface area contributed by atoms with Gasteiger partial charge in [0.25, 0.3) is 0 Å². The van der Waals surface area contributed by atoms with Gasteiger partial charge in [0.1, 0.15) is 12.4 Å². The third kappa shape index (κ3) is 5.29. The molecule has 1 aromatic carbocycles. The van der Waals surface area contributed by atoms with Crippen LogP contribution in [0.1, 0.15) is 45.4 Å². The van der Waals surface area contributed by atoms with Crippen LogP contribution in [0.3, 0.4) is 0 Å². The molecule has 1 heterocycles. The molecule has 172 valence electrons. The summed E-state index contributed by atoms with van der Waals surface area (Å²) in [4.78, 5) is 31.0. The van der Waals surface area contributed by atoms with Crippen molar-refractivity contribution in [2.24, 2.45) is 4.99 Å². The van der Waals surface area contributed by atoms with Crippen LogP contribution in [0.4, 0.5) is 0 Å². The summed E-state index contributed by atoms with van der Waals surface area (Å²) >= 11 is 0. The maximum Gasteiger partial charge on any atom is 0.355 e. The first-order valence-corrected chi connectivity index (χ1v) is 9.73. The van der Waals surface area contributed by atoms with Crippen molar-refractivity contribution in [2.75, 3.05) is 20.4 Å². The van der Waals surface area contributed by atoms with Gasteiger partial charge in [0.05, 0.1) is 39.2 Å². The smallest absolute Gasteiger partial charge is 0.355 e. The summed E-state index contributed by atoms with van der Waals surface area (Å²) in [6.45, 7) is -0.0328. The molecule has 0 aliphatic heterocycles. The summed E-state index contributed by atoms with van der Waals surface area (Å²) in [5.74, 6) is -1.35. The van der Waals surface area contributed by atoms with Crippen molar-refractivity contribution in [3.8, 4) is 11.1 Å². The molecule has 32 heavy (non-hydrogen) atoms. The molecule has 10 nitrogen and oxygen atoms in total. The van der Waals surface area contributed by atoms with Crippen molar-refractivity contribution >= 4 is 24.2 Å². The highest BCUT2D eigenvalue weighted by atomic mass is 16.5. The van der Waals surface area contributed by atoms with Crippen molar-refractivity contribution < 1.29 is 39.5 Å². The number of aliphatic hydroxyl groups is 4. The highest BCUT2D eigenvalue weighted by molar-refractivity contribution is 6.04. The number of rotatable bonds is 10. The minimum absolute atomic E-state index is 0.0158. The highest BCUT2D eigenvalue weighted by Gasteiger charge is 2.25. The van der Waals surface area contributed by atoms with Crippen LogP contribution in [0.5, 0.6) is 0 Å². The molecular formula is C22H26N2O8. The Kier molecular flexibility index (Phi) is 9.29. The zero-order valence-corrected chi connectivity index (χ0v) is 17.8. The first-order valence-electron chi connectivity index (χ1n) is 9.73. The standard InChI is InChI=1S/C22H26N2O8/c1-3-32-22(30)21-15(6-7-19(29)31-2)20(18(24-21)8-23-12-28)14-5-4-13(9-25)16(10-26)17(14)11-27/h4-8,24-28H,3,9-12H2,1-2H3/b7-6+,23-8?. The van der Waals surface area contributed by atoms with Crippen LogP contribution in [-0.2, 0) is 34.1 Å². The van der Waals surface area contributed by atoms with E-state index in [0.29, 0.717) is 33.5 Å². The number of nitrogens with one attached hydrogen (secondary N) is 1. The van der Waals surface area contributed by atoms with Crippen LogP contribution in [0, 0.1) is 0 Å². The van der Waals surface area contributed by atoms with E-state index in [-0.39, 0.29) is 24.5 Å². The number of methoxy groups -OCH3 is 1. The molecule has 0 aliphatic rings. The number of aliphatic hydroxyl groups excluding tert-OH is 4. The van der Waals surface area contributed by atoms with Gasteiger partial charge in [-0.3, -0.25) is 4.99 Å². The number of carbonyl (C=O) groups excluding carboxylic acids is 2. The van der Waals surface area contributed by atoms with Crippen LogP contribution < -0.4 is 0 Å². The molecule has 0 saturated heterocycles. The molecule has 0 saturated carbocycles. The Morgan fingerprint density at radius 2 is 1.81 bits per heavy atom. The fourth-order valence-corrected chi connectivity index (χ4v) is 3.31. The fraction of sp³-hybridized carbons (Fsp3) is 0.318. The lowest BCUT2D eigenvalue weighted by molar-refractivity contribution is -0.134. The van der Waals surface area contributed by atoms with Gasteiger partial charge in [-0.2, -0.15) is 0 Å². The second kappa shape index (κ2) is 11.9. The predicted octanol–water partition coefficient (Wildman–Crippen LogP) is 0.890. The topological polar surface area (TPSA) is 162 Å². The van der Waals surface area contributed by atoms with E-state index in [1.807, 2.05) is 0 Å². The van der Waals surface area contributed by atoms with E-state index in [1.54, 1.807) is 19.1 Å². The molecule has 2 aromatic rings. The summed E-state index contributed by atoms with van der Waals surface area (Å²) in [5, 5.41) is 38.6. The van der Waals surface area contributed by atoms with Gasteiger partial charge < -0.3 is 34.9 Å². The van der Waals surface area contributed by atoms with Crippen molar-refractivity contribution in [1.29, 1.82) is 0 Å². The van der Waals surface area contributed by atoms with Gasteiger partial charge in [0.2, 0.25) is 0 Å². The van der Waals surface area contributed by atoms with Gasteiger partial charge in [0, 0.05) is 23.4 Å². The monoisotopic (exact) mass is 446 g/mol. The van der Waals surface area contributed by atoms with E-state index in [2.05, 4.69) is 14.7 Å². The molecule has 0 fully saturated rings. The normalized spacial score (nSPS) is 11.4. The average molecular weight is 446 g/mol. The predicted molar refractivity (Wildman–Crippen MR) is 116 cm³/mol. The van der Waals surface area contributed by atoms with E-state index >= 15 is 0 Å². The SMILES string of the molecule is CCOC(=O)c1[nH]c(C=NCO)c(-c2ccc(CO)c(CO)c2CO)c1/C=C/C(=O)OC. The second-order valence-electron chi connectivity index (χ2n) is 6.44. The maximum atomic E-state index is 12.6. The number of aromatic amines is 1. The second-order valence-corrected chi connectivity index (χ2v) is 6.44. The molecule has 2 rings (SSSR count). The number of nitrogens with zero attached hydrogens (tertiary/aromatic N) is 1. The van der Waals surface area contributed by atoms with Crippen LogP contribution in [0.25, 0.3) is 17.2 Å². The molecule has 0 spiro atoms. The number of hydrogen-bond acceptors (Lipinski definition) is 9. The van der Waals surface area contributed by atoms with E-state index in [9.17, 15) is 24.9 Å².